The van der Waals surface area contributed by atoms with Crippen LogP contribution in [0.1, 0.15) is 6.42 Å². The van der Waals surface area contributed by atoms with Crippen LogP contribution in [0.3, 0.4) is 0 Å². The number of hydrogen-bond acceptors (Lipinski definition) is 4. The van der Waals surface area contributed by atoms with Crippen molar-refractivity contribution in [1.82, 2.24) is 14.8 Å². The zero-order valence-electron chi connectivity index (χ0n) is 6.22. The Balaban J connectivity index is 2.23. The van der Waals surface area contributed by atoms with E-state index in [1.807, 2.05) is 0 Å². The topological polar surface area (TPSA) is 77.0 Å². The molecule has 0 bridgehead atoms. The predicted octanol–water partition coefficient (Wildman–Crippen LogP) is -1.01. The molecule has 11 heavy (non-hydrogen) atoms. The van der Waals surface area contributed by atoms with Gasteiger partial charge in [-0.3, -0.25) is 4.68 Å². The summed E-state index contributed by atoms with van der Waals surface area (Å²) in [5.74, 6) is 0. The smallest absolute Gasteiger partial charge is 0.137 e. The Morgan fingerprint density at radius 1 is 1.64 bits per heavy atom. The van der Waals surface area contributed by atoms with Crippen LogP contribution in [0.25, 0.3) is 0 Å². The molecule has 0 aliphatic heterocycles. The molecule has 3 N–H and O–H groups in total. The van der Waals surface area contributed by atoms with Gasteiger partial charge in [0.2, 0.25) is 0 Å². The summed E-state index contributed by atoms with van der Waals surface area (Å²) in [5, 5.41) is 12.5. The van der Waals surface area contributed by atoms with Gasteiger partial charge in [-0.25, -0.2) is 4.98 Å². The summed E-state index contributed by atoms with van der Waals surface area (Å²) in [6.45, 7) is 0.733. The average molecular weight is 156 g/mol. The lowest BCUT2D eigenvalue weighted by molar-refractivity contribution is 0.255. The van der Waals surface area contributed by atoms with Gasteiger partial charge < -0.3 is 10.8 Å². The first-order valence-corrected chi connectivity index (χ1v) is 3.52. The summed E-state index contributed by atoms with van der Waals surface area (Å²) in [5.41, 5.74) is 5.48. The van der Waals surface area contributed by atoms with Crippen molar-refractivity contribution < 1.29 is 5.11 Å². The number of hydrogen-bond donors (Lipinski definition) is 2. The zero-order chi connectivity index (χ0) is 8.10. The molecule has 1 aromatic heterocycles. The van der Waals surface area contributed by atoms with Crippen LogP contribution in [0.15, 0.2) is 12.7 Å². The summed E-state index contributed by atoms with van der Waals surface area (Å²) >= 11 is 0. The minimum Gasteiger partial charge on any atom is -0.395 e. The number of aliphatic hydroxyl groups excluding tert-OH is 1. The summed E-state index contributed by atoms with van der Waals surface area (Å²) in [6.07, 6.45) is 3.83. The fourth-order valence-electron chi connectivity index (χ4n) is 0.738. The standard InChI is InChI=1S/C6H12N4O/c7-6(3-11)1-2-10-5-8-4-9-10/h4-6,11H,1-3,7H2/t6-/m0/s1. The summed E-state index contributed by atoms with van der Waals surface area (Å²) in [7, 11) is 0. The predicted molar refractivity (Wildman–Crippen MR) is 39.7 cm³/mol. The highest BCUT2D eigenvalue weighted by Crippen LogP contribution is 1.90. The molecule has 1 atom stereocenters. The van der Waals surface area contributed by atoms with Crippen LogP contribution in [0, 0.1) is 0 Å². The summed E-state index contributed by atoms with van der Waals surface area (Å²) < 4.78 is 1.69. The van der Waals surface area contributed by atoms with Gasteiger partial charge in [-0.05, 0) is 6.42 Å². The third-order valence-corrected chi connectivity index (χ3v) is 1.43. The average Bonchev–Trinajstić information content (AvgIpc) is 2.52. The lowest BCUT2D eigenvalue weighted by atomic mass is 10.2. The molecule has 1 rings (SSSR count). The molecule has 1 aromatic rings. The Morgan fingerprint density at radius 3 is 3.00 bits per heavy atom. The maximum absolute atomic E-state index is 8.59. The van der Waals surface area contributed by atoms with Gasteiger partial charge >= 0.3 is 0 Å². The fraction of sp³-hybridized carbons (Fsp3) is 0.667. The Labute approximate surface area is 64.9 Å². The number of aryl methyl sites for hydroxylation is 1. The van der Waals surface area contributed by atoms with Crippen LogP contribution in [0.4, 0.5) is 0 Å². The van der Waals surface area contributed by atoms with Crippen molar-refractivity contribution in [1.29, 1.82) is 0 Å². The van der Waals surface area contributed by atoms with E-state index in [-0.39, 0.29) is 12.6 Å². The number of aliphatic hydroxyl groups is 1. The first-order valence-electron chi connectivity index (χ1n) is 3.52. The van der Waals surface area contributed by atoms with E-state index in [4.69, 9.17) is 10.8 Å². The quantitative estimate of drug-likeness (QED) is 0.585. The molecular formula is C6H12N4O. The number of nitrogens with zero attached hydrogens (tertiary/aromatic N) is 3. The molecule has 0 saturated carbocycles. The highest BCUT2D eigenvalue weighted by Gasteiger charge is 1.99. The molecule has 0 radical (unpaired) electrons. The van der Waals surface area contributed by atoms with E-state index >= 15 is 0 Å². The SMILES string of the molecule is N[C@H](CO)CCn1cncn1. The number of rotatable bonds is 4. The number of aromatic nitrogens is 3. The van der Waals surface area contributed by atoms with Gasteiger partial charge in [0.15, 0.2) is 0 Å². The molecule has 0 aromatic carbocycles. The molecule has 1 heterocycles. The third kappa shape index (κ3) is 2.65. The van der Waals surface area contributed by atoms with E-state index in [2.05, 4.69) is 10.1 Å². The highest BCUT2D eigenvalue weighted by atomic mass is 16.3. The first-order chi connectivity index (χ1) is 5.33. The van der Waals surface area contributed by atoms with E-state index in [1.54, 1.807) is 11.0 Å². The van der Waals surface area contributed by atoms with Crippen molar-refractivity contribution in [3.8, 4) is 0 Å². The Hall–Kier alpha value is -0.940. The van der Waals surface area contributed by atoms with Crippen LogP contribution < -0.4 is 5.73 Å². The minimum absolute atomic E-state index is 0.0225. The largest absolute Gasteiger partial charge is 0.395 e. The van der Waals surface area contributed by atoms with E-state index in [1.165, 1.54) is 6.33 Å². The molecule has 0 unspecified atom stereocenters. The molecule has 0 aliphatic carbocycles. The van der Waals surface area contributed by atoms with Crippen molar-refractivity contribution in [3.05, 3.63) is 12.7 Å². The van der Waals surface area contributed by atoms with Gasteiger partial charge in [0.1, 0.15) is 12.7 Å². The van der Waals surface area contributed by atoms with Gasteiger partial charge in [-0.1, -0.05) is 0 Å². The molecule has 62 valence electrons. The van der Waals surface area contributed by atoms with Crippen LogP contribution in [0.5, 0.6) is 0 Å². The molecule has 0 amide bonds. The molecule has 5 nitrogen and oxygen atoms in total. The van der Waals surface area contributed by atoms with Crippen molar-refractivity contribution in [2.75, 3.05) is 6.61 Å². The second kappa shape index (κ2) is 4.05. The molecular weight excluding hydrogens is 144 g/mol. The molecule has 0 aliphatic rings. The van der Waals surface area contributed by atoms with Gasteiger partial charge in [0, 0.05) is 12.6 Å². The summed E-state index contributed by atoms with van der Waals surface area (Å²) in [4.78, 5) is 3.77. The minimum atomic E-state index is -0.154. The Bertz CT molecular complexity index is 186. The van der Waals surface area contributed by atoms with Crippen LogP contribution in [0.2, 0.25) is 0 Å². The van der Waals surface area contributed by atoms with E-state index < -0.39 is 0 Å². The maximum atomic E-state index is 8.59. The Kier molecular flexibility index (Phi) is 3.00. The van der Waals surface area contributed by atoms with E-state index in [9.17, 15) is 0 Å². The first kappa shape index (κ1) is 8.16. The van der Waals surface area contributed by atoms with Gasteiger partial charge in [-0.2, -0.15) is 5.10 Å². The lowest BCUT2D eigenvalue weighted by Gasteiger charge is -2.06. The van der Waals surface area contributed by atoms with Crippen LogP contribution in [-0.2, 0) is 6.54 Å². The van der Waals surface area contributed by atoms with Gasteiger partial charge in [0.05, 0.1) is 6.61 Å². The van der Waals surface area contributed by atoms with Crippen molar-refractivity contribution in [2.24, 2.45) is 5.73 Å². The third-order valence-electron chi connectivity index (χ3n) is 1.43. The molecule has 0 fully saturated rings. The second-order valence-electron chi connectivity index (χ2n) is 2.39. The highest BCUT2D eigenvalue weighted by molar-refractivity contribution is 4.61. The Morgan fingerprint density at radius 2 is 2.45 bits per heavy atom. The van der Waals surface area contributed by atoms with E-state index in [0.717, 1.165) is 6.42 Å². The van der Waals surface area contributed by atoms with Crippen molar-refractivity contribution in [2.45, 2.75) is 19.0 Å². The molecule has 0 saturated heterocycles. The van der Waals surface area contributed by atoms with Crippen LogP contribution >= 0.6 is 0 Å². The van der Waals surface area contributed by atoms with Gasteiger partial charge in [0.25, 0.3) is 0 Å². The second-order valence-corrected chi connectivity index (χ2v) is 2.39. The van der Waals surface area contributed by atoms with Crippen LogP contribution in [-0.4, -0.2) is 32.5 Å². The summed E-state index contributed by atoms with van der Waals surface area (Å²) in [6, 6.07) is -0.154. The molecule has 5 heteroatoms. The maximum Gasteiger partial charge on any atom is 0.137 e. The van der Waals surface area contributed by atoms with E-state index in [0.29, 0.717) is 6.54 Å². The number of nitrogens with two attached hydrogens (primary N) is 1. The molecule has 0 spiro atoms. The lowest BCUT2D eigenvalue weighted by Crippen LogP contribution is -2.25. The monoisotopic (exact) mass is 156 g/mol. The normalized spacial score (nSPS) is 13.3. The zero-order valence-corrected chi connectivity index (χ0v) is 6.22. The fourth-order valence-corrected chi connectivity index (χ4v) is 0.738. The van der Waals surface area contributed by atoms with Gasteiger partial charge in [-0.15, -0.1) is 0 Å². The van der Waals surface area contributed by atoms with Crippen molar-refractivity contribution >= 4 is 0 Å². The van der Waals surface area contributed by atoms with Crippen molar-refractivity contribution in [3.63, 3.8) is 0 Å².